The van der Waals surface area contributed by atoms with Crippen molar-refractivity contribution in [1.29, 1.82) is 0 Å². The molecule has 74 valence electrons. The van der Waals surface area contributed by atoms with Gasteiger partial charge in [-0.05, 0) is 18.6 Å². The third-order valence-electron chi connectivity index (χ3n) is 2.43. The summed E-state index contributed by atoms with van der Waals surface area (Å²) in [6.45, 7) is 2.90. The summed E-state index contributed by atoms with van der Waals surface area (Å²) in [7, 11) is 0. The second-order valence-electron chi connectivity index (χ2n) is 3.40. The average Bonchev–Trinajstić information content (AvgIpc) is 2.65. The molecule has 1 aromatic heterocycles. The first kappa shape index (κ1) is 8.87. The number of nitrogens with zero attached hydrogens (tertiary/aromatic N) is 2. The summed E-state index contributed by atoms with van der Waals surface area (Å²) >= 11 is 0. The maximum Gasteiger partial charge on any atom is 0.114 e. The molecule has 0 spiro atoms. The minimum absolute atomic E-state index is 0.303. The number of hydrogen-bond acceptors (Lipinski definition) is 4. The molecule has 1 aromatic rings. The van der Waals surface area contributed by atoms with Crippen LogP contribution in [0.3, 0.4) is 0 Å². The fourth-order valence-corrected chi connectivity index (χ4v) is 1.52. The molecule has 0 unspecified atom stereocenters. The maximum absolute atomic E-state index is 5.63. The van der Waals surface area contributed by atoms with E-state index < -0.39 is 0 Å². The van der Waals surface area contributed by atoms with Gasteiger partial charge in [0.2, 0.25) is 0 Å². The highest BCUT2D eigenvalue weighted by Gasteiger charge is 2.16. The van der Waals surface area contributed by atoms with Gasteiger partial charge in [-0.25, -0.2) is 0 Å². The number of nitrogens with two attached hydrogens (primary N) is 1. The molecule has 0 aromatic carbocycles. The number of pyridine rings is 1. The maximum atomic E-state index is 5.63. The van der Waals surface area contributed by atoms with Gasteiger partial charge in [0.25, 0.3) is 0 Å². The van der Waals surface area contributed by atoms with Gasteiger partial charge in [-0.3, -0.25) is 4.98 Å². The molecule has 0 radical (unpaired) electrons. The van der Waals surface area contributed by atoms with Crippen molar-refractivity contribution in [3.05, 3.63) is 42.1 Å². The summed E-state index contributed by atoms with van der Waals surface area (Å²) in [6, 6.07) is 4.32. The van der Waals surface area contributed by atoms with Crippen LogP contribution in [0, 0.1) is 0 Å². The lowest BCUT2D eigenvalue weighted by atomic mass is 10.1. The molecule has 0 saturated heterocycles. The van der Waals surface area contributed by atoms with Crippen LogP contribution in [0.2, 0.25) is 0 Å². The van der Waals surface area contributed by atoms with Gasteiger partial charge in [-0.15, -0.1) is 0 Å². The van der Waals surface area contributed by atoms with Crippen molar-refractivity contribution >= 4 is 0 Å². The molecule has 0 bridgehead atoms. The fourth-order valence-electron chi connectivity index (χ4n) is 1.52. The zero-order valence-electron chi connectivity index (χ0n) is 8.14. The summed E-state index contributed by atoms with van der Waals surface area (Å²) in [4.78, 5) is 6.24. The van der Waals surface area contributed by atoms with E-state index in [4.69, 9.17) is 5.73 Å². The van der Waals surface area contributed by atoms with Crippen molar-refractivity contribution in [1.82, 2.24) is 15.2 Å². The molecule has 1 aliphatic rings. The molecule has 14 heavy (non-hydrogen) atoms. The lowest BCUT2D eigenvalue weighted by Crippen LogP contribution is -2.25. The molecule has 2 rings (SSSR count). The Morgan fingerprint density at radius 3 is 3.07 bits per heavy atom. The zero-order valence-corrected chi connectivity index (χ0v) is 8.14. The van der Waals surface area contributed by atoms with E-state index in [0.29, 0.717) is 6.04 Å². The minimum Gasteiger partial charge on any atom is -0.384 e. The Bertz CT molecular complexity index is 333. The van der Waals surface area contributed by atoms with E-state index in [9.17, 15) is 0 Å². The van der Waals surface area contributed by atoms with Crippen molar-refractivity contribution in [3.63, 3.8) is 0 Å². The predicted octanol–water partition coefficient (Wildman–Crippen LogP) is 0.763. The normalized spacial score (nSPS) is 17.5. The molecule has 0 aliphatic carbocycles. The third kappa shape index (κ3) is 1.64. The van der Waals surface area contributed by atoms with E-state index in [1.165, 1.54) is 5.56 Å². The standard InChI is InChI=1S/C10H14N4/c1-8(9-3-2-4-12-5-9)14-6-10(11)13-7-14/h2-6,8,13H,7,11H2,1H3/t8-/m1/s1. The summed E-state index contributed by atoms with van der Waals surface area (Å²) in [5.74, 6) is 0.723. The van der Waals surface area contributed by atoms with Crippen molar-refractivity contribution in [2.24, 2.45) is 5.73 Å². The molecular weight excluding hydrogens is 176 g/mol. The van der Waals surface area contributed by atoms with Gasteiger partial charge in [0.05, 0.1) is 12.7 Å². The van der Waals surface area contributed by atoms with E-state index in [1.54, 1.807) is 6.20 Å². The highest BCUT2D eigenvalue weighted by molar-refractivity contribution is 5.15. The number of rotatable bonds is 2. The van der Waals surface area contributed by atoms with Crippen LogP contribution in [0.15, 0.2) is 36.5 Å². The SMILES string of the molecule is C[C@H](c1cccnc1)N1C=C(N)NC1. The summed E-state index contributed by atoms with van der Waals surface area (Å²) < 4.78 is 0. The number of nitrogens with one attached hydrogen (secondary N) is 1. The molecule has 2 heterocycles. The smallest absolute Gasteiger partial charge is 0.114 e. The minimum atomic E-state index is 0.303. The molecule has 4 nitrogen and oxygen atoms in total. The first-order valence-corrected chi connectivity index (χ1v) is 4.64. The van der Waals surface area contributed by atoms with Gasteiger partial charge in [0.1, 0.15) is 5.82 Å². The first-order chi connectivity index (χ1) is 6.77. The second-order valence-corrected chi connectivity index (χ2v) is 3.40. The summed E-state index contributed by atoms with van der Waals surface area (Å²) in [6.07, 6.45) is 5.59. The second kappa shape index (κ2) is 3.57. The van der Waals surface area contributed by atoms with Crippen LogP contribution in [-0.4, -0.2) is 16.6 Å². The molecular formula is C10H14N4. The average molecular weight is 190 g/mol. The van der Waals surface area contributed by atoms with Gasteiger partial charge in [-0.2, -0.15) is 0 Å². The molecule has 0 amide bonds. The van der Waals surface area contributed by atoms with E-state index in [-0.39, 0.29) is 0 Å². The van der Waals surface area contributed by atoms with E-state index >= 15 is 0 Å². The Balaban J connectivity index is 2.13. The zero-order chi connectivity index (χ0) is 9.97. The quantitative estimate of drug-likeness (QED) is 0.723. The summed E-state index contributed by atoms with van der Waals surface area (Å²) in [5, 5.41) is 3.06. The first-order valence-electron chi connectivity index (χ1n) is 4.64. The Morgan fingerprint density at radius 1 is 1.64 bits per heavy atom. The van der Waals surface area contributed by atoms with Gasteiger partial charge in [0.15, 0.2) is 0 Å². The van der Waals surface area contributed by atoms with Crippen molar-refractivity contribution in [3.8, 4) is 0 Å². The third-order valence-corrected chi connectivity index (χ3v) is 2.43. The largest absolute Gasteiger partial charge is 0.384 e. The highest BCUT2D eigenvalue weighted by Crippen LogP contribution is 2.20. The van der Waals surface area contributed by atoms with E-state index in [0.717, 1.165) is 12.5 Å². The van der Waals surface area contributed by atoms with Crippen molar-refractivity contribution in [2.45, 2.75) is 13.0 Å². The molecule has 4 heteroatoms. The van der Waals surface area contributed by atoms with E-state index in [1.807, 2.05) is 18.5 Å². The number of aromatic nitrogens is 1. The monoisotopic (exact) mass is 190 g/mol. The summed E-state index contributed by atoms with van der Waals surface area (Å²) in [5.41, 5.74) is 6.83. The predicted molar refractivity (Wildman–Crippen MR) is 54.8 cm³/mol. The van der Waals surface area contributed by atoms with Crippen LogP contribution in [0.5, 0.6) is 0 Å². The molecule has 0 saturated carbocycles. The van der Waals surface area contributed by atoms with Crippen LogP contribution in [0.1, 0.15) is 18.5 Å². The van der Waals surface area contributed by atoms with Crippen LogP contribution in [0.4, 0.5) is 0 Å². The van der Waals surface area contributed by atoms with Crippen molar-refractivity contribution in [2.75, 3.05) is 6.67 Å². The van der Waals surface area contributed by atoms with E-state index in [2.05, 4.69) is 28.2 Å². The van der Waals surface area contributed by atoms with Crippen LogP contribution in [0.25, 0.3) is 0 Å². The molecule has 3 N–H and O–H groups in total. The van der Waals surface area contributed by atoms with Gasteiger partial charge in [0, 0.05) is 18.6 Å². The topological polar surface area (TPSA) is 54.2 Å². The highest BCUT2D eigenvalue weighted by atomic mass is 15.3. The Kier molecular flexibility index (Phi) is 2.26. The fraction of sp³-hybridized carbons (Fsp3) is 0.300. The van der Waals surface area contributed by atoms with Crippen LogP contribution in [-0.2, 0) is 0 Å². The van der Waals surface area contributed by atoms with Gasteiger partial charge < -0.3 is 16.0 Å². The molecule has 0 fully saturated rings. The van der Waals surface area contributed by atoms with Crippen molar-refractivity contribution < 1.29 is 0 Å². The molecule has 1 atom stereocenters. The Hall–Kier alpha value is -1.71. The van der Waals surface area contributed by atoms with Crippen LogP contribution < -0.4 is 11.1 Å². The number of hydrogen-bond donors (Lipinski definition) is 2. The lowest BCUT2D eigenvalue weighted by Gasteiger charge is -2.23. The van der Waals surface area contributed by atoms with Gasteiger partial charge in [-0.1, -0.05) is 6.07 Å². The lowest BCUT2D eigenvalue weighted by molar-refractivity contribution is 0.310. The van der Waals surface area contributed by atoms with Crippen LogP contribution >= 0.6 is 0 Å². The Labute approximate surface area is 83.4 Å². The van der Waals surface area contributed by atoms with Gasteiger partial charge >= 0.3 is 0 Å². The molecule has 1 aliphatic heterocycles. The Morgan fingerprint density at radius 2 is 2.50 bits per heavy atom.